The van der Waals surface area contributed by atoms with Crippen LogP contribution in [-0.4, -0.2) is 28.8 Å². The third-order valence-corrected chi connectivity index (χ3v) is 6.93. The van der Waals surface area contributed by atoms with Gasteiger partial charge >= 0.3 is 0 Å². The minimum Gasteiger partial charge on any atom is -0.297 e. The van der Waals surface area contributed by atoms with E-state index in [9.17, 15) is 4.79 Å². The lowest BCUT2D eigenvalue weighted by molar-refractivity contribution is 0.0997. The zero-order valence-corrected chi connectivity index (χ0v) is 17.5. The van der Waals surface area contributed by atoms with Gasteiger partial charge in [-0.25, -0.2) is 0 Å². The second kappa shape index (κ2) is 8.66. The normalized spacial score (nSPS) is 16.5. The Hall–Kier alpha value is -2.56. The van der Waals surface area contributed by atoms with Crippen molar-refractivity contribution in [3.63, 3.8) is 0 Å². The van der Waals surface area contributed by atoms with Gasteiger partial charge in [-0.1, -0.05) is 43.3 Å². The molecule has 154 valence electrons. The Morgan fingerprint density at radius 2 is 1.80 bits per heavy atom. The number of ketones is 1. The van der Waals surface area contributed by atoms with E-state index in [2.05, 4.69) is 51.7 Å². The zero-order valence-electron chi connectivity index (χ0n) is 16.6. The predicted octanol–water partition coefficient (Wildman–Crippen LogP) is 5.92. The van der Waals surface area contributed by atoms with Crippen LogP contribution in [-0.2, 0) is 13.0 Å². The number of aromatic nitrogens is 1. The highest BCUT2D eigenvalue weighted by Gasteiger charge is 2.27. The van der Waals surface area contributed by atoms with E-state index in [1.165, 1.54) is 16.7 Å². The number of carbonyl (C=O) groups excluding carboxylic acids is 1. The van der Waals surface area contributed by atoms with Gasteiger partial charge in [0.15, 0.2) is 5.78 Å². The van der Waals surface area contributed by atoms with Gasteiger partial charge in [0.25, 0.3) is 0 Å². The van der Waals surface area contributed by atoms with Gasteiger partial charge in [0.2, 0.25) is 0 Å². The molecule has 0 bridgehead atoms. The maximum Gasteiger partial charge on any atom is 0.177 e. The molecule has 1 fully saturated rings. The molecule has 1 aromatic carbocycles. The van der Waals surface area contributed by atoms with Gasteiger partial charge in [-0.05, 0) is 60.0 Å². The molecule has 30 heavy (non-hydrogen) atoms. The summed E-state index contributed by atoms with van der Waals surface area (Å²) >= 11 is 1.59. The Morgan fingerprint density at radius 1 is 1.00 bits per heavy atom. The number of piperidine rings is 1. The van der Waals surface area contributed by atoms with E-state index in [-0.39, 0.29) is 13.2 Å². The van der Waals surface area contributed by atoms with E-state index < -0.39 is 0 Å². The number of fused-ring (bicyclic) bond motifs is 2. The van der Waals surface area contributed by atoms with Crippen LogP contribution in [0.5, 0.6) is 0 Å². The number of hydrogen-bond acceptors (Lipinski definition) is 4. The SMILES string of the molecule is C.Cc1cccc(CN2CCC(=C3c4ccccc4CC(=O)c4sccc43)CC2)n1. The second-order valence-electron chi connectivity index (χ2n) is 7.95. The molecule has 5 rings (SSSR count). The number of thiophene rings is 1. The summed E-state index contributed by atoms with van der Waals surface area (Å²) in [4.78, 5) is 20.9. The third-order valence-electron chi connectivity index (χ3n) is 5.97. The number of pyridine rings is 1. The first-order chi connectivity index (χ1) is 14.2. The number of carbonyl (C=O) groups is 1. The van der Waals surface area contributed by atoms with Crippen LogP contribution in [0, 0.1) is 6.92 Å². The highest BCUT2D eigenvalue weighted by molar-refractivity contribution is 7.12. The lowest BCUT2D eigenvalue weighted by atomic mass is 9.87. The van der Waals surface area contributed by atoms with Gasteiger partial charge in [0.05, 0.1) is 10.6 Å². The van der Waals surface area contributed by atoms with Gasteiger partial charge < -0.3 is 0 Å². The zero-order chi connectivity index (χ0) is 19.8. The lowest BCUT2D eigenvalue weighted by Crippen LogP contribution is -2.31. The molecule has 1 aliphatic heterocycles. The molecule has 0 atom stereocenters. The fraction of sp³-hybridized carbons (Fsp3) is 0.308. The molecule has 0 radical (unpaired) electrons. The smallest absolute Gasteiger partial charge is 0.177 e. The summed E-state index contributed by atoms with van der Waals surface area (Å²) in [5.74, 6) is 0.251. The Morgan fingerprint density at radius 3 is 2.60 bits per heavy atom. The molecule has 1 saturated heterocycles. The molecule has 4 heteroatoms. The van der Waals surface area contributed by atoms with Crippen molar-refractivity contribution in [1.29, 1.82) is 0 Å². The molecule has 3 nitrogen and oxygen atoms in total. The van der Waals surface area contributed by atoms with Crippen molar-refractivity contribution in [1.82, 2.24) is 9.88 Å². The van der Waals surface area contributed by atoms with E-state index in [1.807, 2.05) is 19.1 Å². The summed E-state index contributed by atoms with van der Waals surface area (Å²) < 4.78 is 0. The van der Waals surface area contributed by atoms with Crippen molar-refractivity contribution in [2.45, 2.75) is 40.2 Å². The van der Waals surface area contributed by atoms with E-state index in [4.69, 9.17) is 0 Å². The van der Waals surface area contributed by atoms with Crippen LogP contribution < -0.4 is 0 Å². The lowest BCUT2D eigenvalue weighted by Gasteiger charge is -2.30. The van der Waals surface area contributed by atoms with Gasteiger partial charge in [0.1, 0.15) is 0 Å². The molecule has 3 aromatic rings. The molecule has 0 unspecified atom stereocenters. The van der Waals surface area contributed by atoms with Crippen molar-refractivity contribution in [3.05, 3.63) is 92.4 Å². The highest BCUT2D eigenvalue weighted by atomic mass is 32.1. The predicted molar refractivity (Wildman–Crippen MR) is 125 cm³/mol. The maximum atomic E-state index is 12.8. The van der Waals surface area contributed by atoms with Crippen LogP contribution in [0.2, 0.25) is 0 Å². The van der Waals surface area contributed by atoms with Crippen molar-refractivity contribution >= 4 is 22.7 Å². The van der Waals surface area contributed by atoms with Crippen LogP contribution in [0.3, 0.4) is 0 Å². The standard InChI is InChI=1S/C25H24N2OS.CH4/c1-17-5-4-7-20(26-17)16-27-12-9-18(10-13-27)24-21-8-3-2-6-19(21)15-23(28)25-22(24)11-14-29-25;/h2-8,11,14H,9-10,12-13,15-16H2,1H3;1H4. The Bertz CT molecular complexity index is 1100. The van der Waals surface area contributed by atoms with Gasteiger partial charge in [-0.2, -0.15) is 0 Å². The topological polar surface area (TPSA) is 33.2 Å². The second-order valence-corrected chi connectivity index (χ2v) is 8.86. The van der Waals surface area contributed by atoms with Crippen LogP contribution in [0.25, 0.3) is 5.57 Å². The first-order valence-electron chi connectivity index (χ1n) is 10.3. The van der Waals surface area contributed by atoms with E-state index in [0.29, 0.717) is 6.42 Å². The molecule has 1 aliphatic carbocycles. The maximum absolute atomic E-state index is 12.8. The molecule has 0 spiro atoms. The largest absolute Gasteiger partial charge is 0.297 e. The molecule has 3 heterocycles. The van der Waals surface area contributed by atoms with E-state index in [1.54, 1.807) is 11.3 Å². The average Bonchev–Trinajstić information content (AvgIpc) is 3.16. The average molecular weight is 417 g/mol. The highest BCUT2D eigenvalue weighted by Crippen LogP contribution is 2.40. The fourth-order valence-corrected chi connectivity index (χ4v) is 5.41. The van der Waals surface area contributed by atoms with Crippen LogP contribution in [0.1, 0.15) is 58.0 Å². The summed E-state index contributed by atoms with van der Waals surface area (Å²) in [5, 5.41) is 2.07. The first-order valence-corrected chi connectivity index (χ1v) is 11.1. The van der Waals surface area contributed by atoms with Gasteiger partial charge in [-0.15, -0.1) is 11.3 Å². The minimum absolute atomic E-state index is 0. The molecular formula is C26H28N2OS. The number of hydrogen-bond donors (Lipinski definition) is 0. The van der Waals surface area contributed by atoms with E-state index in [0.717, 1.165) is 59.9 Å². The number of benzene rings is 1. The molecule has 0 N–H and O–H groups in total. The van der Waals surface area contributed by atoms with Crippen molar-refractivity contribution in [2.24, 2.45) is 0 Å². The minimum atomic E-state index is 0. The van der Waals surface area contributed by atoms with Gasteiger partial charge in [0, 0.05) is 37.3 Å². The number of nitrogens with zero attached hydrogens (tertiary/aromatic N) is 2. The van der Waals surface area contributed by atoms with Crippen molar-refractivity contribution in [2.75, 3.05) is 13.1 Å². The number of rotatable bonds is 2. The Kier molecular flexibility index (Phi) is 5.98. The summed E-state index contributed by atoms with van der Waals surface area (Å²) in [6.45, 7) is 5.02. The number of Topliss-reactive ketones (excluding diaryl/α,β-unsaturated/α-hetero) is 1. The van der Waals surface area contributed by atoms with Crippen LogP contribution in [0.15, 0.2) is 59.5 Å². The summed E-state index contributed by atoms with van der Waals surface area (Å²) in [5.41, 5.74) is 8.58. The molecule has 2 aromatic heterocycles. The molecular weight excluding hydrogens is 388 g/mol. The fourth-order valence-electron chi connectivity index (χ4n) is 4.57. The van der Waals surface area contributed by atoms with Crippen LogP contribution in [0.4, 0.5) is 0 Å². The monoisotopic (exact) mass is 416 g/mol. The summed E-state index contributed by atoms with van der Waals surface area (Å²) in [6, 6.07) is 16.9. The summed E-state index contributed by atoms with van der Waals surface area (Å²) in [6.07, 6.45) is 2.59. The van der Waals surface area contributed by atoms with Crippen molar-refractivity contribution < 1.29 is 4.79 Å². The van der Waals surface area contributed by atoms with Gasteiger partial charge in [-0.3, -0.25) is 14.7 Å². The molecule has 0 amide bonds. The number of aryl methyl sites for hydroxylation is 1. The van der Waals surface area contributed by atoms with E-state index >= 15 is 0 Å². The third kappa shape index (κ3) is 3.90. The summed E-state index contributed by atoms with van der Waals surface area (Å²) in [7, 11) is 0. The number of likely N-dealkylation sites (tertiary alicyclic amines) is 1. The van der Waals surface area contributed by atoms with Crippen LogP contribution >= 0.6 is 11.3 Å². The quantitative estimate of drug-likeness (QED) is 0.519. The Labute approximate surface area is 183 Å². The first kappa shape index (κ1) is 20.7. The van der Waals surface area contributed by atoms with Crippen molar-refractivity contribution in [3.8, 4) is 0 Å². The molecule has 0 saturated carbocycles. The Balaban J connectivity index is 0.00000218. The molecule has 2 aliphatic rings.